The van der Waals surface area contributed by atoms with Crippen molar-refractivity contribution in [2.24, 2.45) is 5.92 Å². The second-order valence-corrected chi connectivity index (χ2v) is 6.27. The van der Waals surface area contributed by atoms with E-state index in [1.807, 2.05) is 17.0 Å². The molecule has 2 aliphatic heterocycles. The lowest BCUT2D eigenvalue weighted by atomic mass is 9.99. The predicted octanol–water partition coefficient (Wildman–Crippen LogP) is 1.45. The van der Waals surface area contributed by atoms with Crippen LogP contribution in [-0.2, 0) is 4.74 Å². The molecule has 0 aliphatic carbocycles. The first-order valence-electron chi connectivity index (χ1n) is 8.17. The fraction of sp³-hybridized carbons (Fsp3) is 0.588. The fourth-order valence-electron chi connectivity index (χ4n) is 3.24. The first-order valence-corrected chi connectivity index (χ1v) is 8.17. The molecule has 0 atom stereocenters. The highest BCUT2D eigenvalue weighted by atomic mass is 16.5. The number of amides is 1. The third-order valence-corrected chi connectivity index (χ3v) is 4.67. The minimum Gasteiger partial charge on any atom is -0.399 e. The van der Waals surface area contributed by atoms with Crippen molar-refractivity contribution in [2.45, 2.75) is 12.8 Å². The minimum absolute atomic E-state index is 0.116. The summed E-state index contributed by atoms with van der Waals surface area (Å²) >= 11 is 0. The summed E-state index contributed by atoms with van der Waals surface area (Å²) in [6, 6.07) is 7.20. The maximum Gasteiger partial charge on any atom is 0.253 e. The molecule has 1 aromatic carbocycles. The number of piperazine rings is 1. The lowest BCUT2D eigenvalue weighted by Gasteiger charge is -2.37. The van der Waals surface area contributed by atoms with Crippen LogP contribution < -0.4 is 5.73 Å². The van der Waals surface area contributed by atoms with Gasteiger partial charge < -0.3 is 15.4 Å². The average molecular weight is 303 g/mol. The van der Waals surface area contributed by atoms with Crippen molar-refractivity contribution in [1.29, 1.82) is 0 Å². The SMILES string of the molecule is Nc1ccc(C(=O)N2CCN(CC3CCOCC3)CC2)cc1. The molecule has 0 unspecified atom stereocenters. The standard InChI is InChI=1S/C17H25N3O2/c18-16-3-1-15(2-4-16)17(21)20-9-7-19(8-10-20)13-14-5-11-22-12-6-14/h1-4,14H,5-13,18H2. The molecule has 120 valence electrons. The predicted molar refractivity (Wildman–Crippen MR) is 86.7 cm³/mol. The highest BCUT2D eigenvalue weighted by molar-refractivity contribution is 5.94. The zero-order chi connectivity index (χ0) is 15.4. The monoisotopic (exact) mass is 303 g/mol. The molecule has 2 N–H and O–H groups in total. The third kappa shape index (κ3) is 3.78. The summed E-state index contributed by atoms with van der Waals surface area (Å²) in [5.74, 6) is 0.874. The van der Waals surface area contributed by atoms with E-state index >= 15 is 0 Å². The molecule has 0 saturated carbocycles. The number of carbonyl (C=O) groups is 1. The summed E-state index contributed by atoms with van der Waals surface area (Å²) in [5.41, 5.74) is 7.09. The van der Waals surface area contributed by atoms with Crippen molar-refractivity contribution in [1.82, 2.24) is 9.80 Å². The number of ether oxygens (including phenoxy) is 1. The van der Waals surface area contributed by atoms with E-state index in [2.05, 4.69) is 4.90 Å². The number of nitrogens with zero attached hydrogens (tertiary/aromatic N) is 2. The van der Waals surface area contributed by atoms with Crippen LogP contribution in [0.3, 0.4) is 0 Å². The van der Waals surface area contributed by atoms with E-state index in [1.54, 1.807) is 12.1 Å². The second kappa shape index (κ2) is 7.11. The fourth-order valence-corrected chi connectivity index (χ4v) is 3.24. The van der Waals surface area contributed by atoms with Crippen LogP contribution in [0.2, 0.25) is 0 Å². The van der Waals surface area contributed by atoms with Gasteiger partial charge >= 0.3 is 0 Å². The Hall–Kier alpha value is -1.59. The molecular weight excluding hydrogens is 278 g/mol. The van der Waals surface area contributed by atoms with E-state index in [4.69, 9.17) is 10.5 Å². The van der Waals surface area contributed by atoms with Gasteiger partial charge in [-0.2, -0.15) is 0 Å². The van der Waals surface area contributed by atoms with E-state index in [-0.39, 0.29) is 5.91 Å². The summed E-state index contributed by atoms with van der Waals surface area (Å²) in [7, 11) is 0. The number of hydrogen-bond donors (Lipinski definition) is 1. The molecule has 0 spiro atoms. The Morgan fingerprint density at radius 3 is 2.36 bits per heavy atom. The number of carbonyl (C=O) groups excluding carboxylic acids is 1. The lowest BCUT2D eigenvalue weighted by molar-refractivity contribution is 0.0393. The Bertz CT molecular complexity index is 489. The highest BCUT2D eigenvalue weighted by Crippen LogP contribution is 2.18. The quantitative estimate of drug-likeness (QED) is 0.859. The largest absolute Gasteiger partial charge is 0.399 e. The van der Waals surface area contributed by atoms with Crippen LogP contribution in [-0.4, -0.2) is 61.6 Å². The van der Waals surface area contributed by atoms with Gasteiger partial charge in [-0.1, -0.05) is 0 Å². The van der Waals surface area contributed by atoms with Gasteiger partial charge in [0.15, 0.2) is 0 Å². The highest BCUT2D eigenvalue weighted by Gasteiger charge is 2.24. The molecule has 5 heteroatoms. The molecule has 0 bridgehead atoms. The van der Waals surface area contributed by atoms with Gasteiger partial charge in [0.1, 0.15) is 0 Å². The molecule has 2 fully saturated rings. The van der Waals surface area contributed by atoms with Crippen molar-refractivity contribution < 1.29 is 9.53 Å². The van der Waals surface area contributed by atoms with E-state index in [0.717, 1.165) is 57.4 Å². The van der Waals surface area contributed by atoms with Crippen molar-refractivity contribution in [3.63, 3.8) is 0 Å². The van der Waals surface area contributed by atoms with Crippen LogP contribution in [0.1, 0.15) is 23.2 Å². The zero-order valence-electron chi connectivity index (χ0n) is 13.0. The topological polar surface area (TPSA) is 58.8 Å². The van der Waals surface area contributed by atoms with Crippen molar-refractivity contribution >= 4 is 11.6 Å². The lowest BCUT2D eigenvalue weighted by Crippen LogP contribution is -2.50. The van der Waals surface area contributed by atoms with Gasteiger partial charge in [0.25, 0.3) is 5.91 Å². The van der Waals surface area contributed by atoms with Crippen LogP contribution in [0.5, 0.6) is 0 Å². The van der Waals surface area contributed by atoms with Crippen molar-refractivity contribution in [3.05, 3.63) is 29.8 Å². The Kier molecular flexibility index (Phi) is 4.95. The Morgan fingerprint density at radius 1 is 1.09 bits per heavy atom. The molecule has 0 radical (unpaired) electrons. The average Bonchev–Trinajstić information content (AvgIpc) is 2.57. The molecule has 2 aliphatic rings. The van der Waals surface area contributed by atoms with Gasteiger partial charge in [0, 0.05) is 57.2 Å². The van der Waals surface area contributed by atoms with E-state index in [9.17, 15) is 4.79 Å². The zero-order valence-corrected chi connectivity index (χ0v) is 13.0. The van der Waals surface area contributed by atoms with Gasteiger partial charge in [0.2, 0.25) is 0 Å². The molecule has 1 amide bonds. The third-order valence-electron chi connectivity index (χ3n) is 4.67. The molecule has 1 aromatic rings. The first kappa shape index (κ1) is 15.3. The van der Waals surface area contributed by atoms with Crippen LogP contribution in [0.4, 0.5) is 5.69 Å². The van der Waals surface area contributed by atoms with Gasteiger partial charge in [-0.05, 0) is 43.0 Å². The number of nitrogens with two attached hydrogens (primary N) is 1. The molecule has 0 aromatic heterocycles. The number of hydrogen-bond acceptors (Lipinski definition) is 4. The first-order chi connectivity index (χ1) is 10.7. The minimum atomic E-state index is 0.116. The number of anilines is 1. The summed E-state index contributed by atoms with van der Waals surface area (Å²) < 4.78 is 5.41. The van der Waals surface area contributed by atoms with Gasteiger partial charge in [0.05, 0.1) is 0 Å². The Balaban J connectivity index is 1.48. The smallest absolute Gasteiger partial charge is 0.253 e. The van der Waals surface area contributed by atoms with E-state index < -0.39 is 0 Å². The summed E-state index contributed by atoms with van der Waals surface area (Å²) in [5, 5.41) is 0. The Morgan fingerprint density at radius 2 is 1.73 bits per heavy atom. The van der Waals surface area contributed by atoms with Crippen molar-refractivity contribution in [2.75, 3.05) is 51.7 Å². The van der Waals surface area contributed by atoms with E-state index in [1.165, 1.54) is 12.8 Å². The molecule has 3 rings (SSSR count). The molecule has 2 saturated heterocycles. The molecule has 2 heterocycles. The normalized spacial score (nSPS) is 21.0. The molecule has 22 heavy (non-hydrogen) atoms. The molecule has 5 nitrogen and oxygen atoms in total. The summed E-state index contributed by atoms with van der Waals surface area (Å²) in [6.45, 7) is 6.52. The number of nitrogen functional groups attached to an aromatic ring is 1. The van der Waals surface area contributed by atoms with Gasteiger partial charge in [-0.15, -0.1) is 0 Å². The Labute approximate surface area is 132 Å². The van der Waals surface area contributed by atoms with Crippen LogP contribution in [0.25, 0.3) is 0 Å². The van der Waals surface area contributed by atoms with Gasteiger partial charge in [-0.25, -0.2) is 0 Å². The van der Waals surface area contributed by atoms with Crippen LogP contribution in [0.15, 0.2) is 24.3 Å². The number of benzene rings is 1. The van der Waals surface area contributed by atoms with Crippen molar-refractivity contribution in [3.8, 4) is 0 Å². The van der Waals surface area contributed by atoms with E-state index in [0.29, 0.717) is 5.69 Å². The summed E-state index contributed by atoms with van der Waals surface area (Å²) in [6.07, 6.45) is 2.34. The van der Waals surface area contributed by atoms with Crippen LogP contribution in [0, 0.1) is 5.92 Å². The van der Waals surface area contributed by atoms with Crippen LogP contribution >= 0.6 is 0 Å². The maximum absolute atomic E-state index is 12.5. The second-order valence-electron chi connectivity index (χ2n) is 6.27. The van der Waals surface area contributed by atoms with Gasteiger partial charge in [-0.3, -0.25) is 9.69 Å². The summed E-state index contributed by atoms with van der Waals surface area (Å²) in [4.78, 5) is 16.9. The number of rotatable bonds is 3. The maximum atomic E-state index is 12.5. The molecular formula is C17H25N3O2.